The van der Waals surface area contributed by atoms with Crippen LogP contribution in [0, 0.1) is 0 Å². The van der Waals surface area contributed by atoms with E-state index in [4.69, 9.17) is 9.84 Å². The molecule has 0 bridgehead atoms. The monoisotopic (exact) mass is 203 g/mol. The molecule has 0 saturated carbocycles. The van der Waals surface area contributed by atoms with Crippen molar-refractivity contribution in [3.8, 4) is 0 Å². The largest absolute Gasteiger partial charge is 0.481 e. The molecule has 0 spiro atoms. The van der Waals surface area contributed by atoms with Crippen molar-refractivity contribution in [2.45, 2.75) is 38.8 Å². The smallest absolute Gasteiger partial charge is 0.303 e. The average molecular weight is 203 g/mol. The summed E-state index contributed by atoms with van der Waals surface area (Å²) in [4.78, 5) is 12.5. The van der Waals surface area contributed by atoms with Crippen molar-refractivity contribution in [3.05, 3.63) is 0 Å². The predicted molar refractivity (Wildman–Crippen MR) is 55.4 cm³/mol. The highest BCUT2D eigenvalue weighted by Gasteiger charge is 2.13. The second kappa shape index (κ2) is 6.79. The lowest BCUT2D eigenvalue weighted by atomic mass is 10.1. The molecule has 0 aromatic heterocycles. The van der Waals surface area contributed by atoms with E-state index in [0.29, 0.717) is 12.5 Å². The lowest BCUT2D eigenvalue weighted by Crippen LogP contribution is -2.35. The van der Waals surface area contributed by atoms with Crippen LogP contribution in [0.5, 0.6) is 0 Å². The molecule has 0 fully saturated rings. The molecular weight excluding hydrogens is 182 g/mol. The molecule has 0 heterocycles. The Morgan fingerprint density at radius 1 is 1.50 bits per heavy atom. The van der Waals surface area contributed by atoms with Crippen molar-refractivity contribution >= 4 is 5.97 Å². The molecule has 4 nitrogen and oxygen atoms in total. The zero-order chi connectivity index (χ0) is 11.1. The zero-order valence-corrected chi connectivity index (χ0v) is 9.49. The van der Waals surface area contributed by atoms with Gasteiger partial charge in [0.2, 0.25) is 0 Å². The van der Waals surface area contributed by atoms with Crippen molar-refractivity contribution in [2.75, 3.05) is 20.7 Å². The van der Waals surface area contributed by atoms with Gasteiger partial charge in [-0.05, 0) is 27.3 Å². The summed E-state index contributed by atoms with van der Waals surface area (Å²) in [5.41, 5.74) is 0. The molecule has 4 heteroatoms. The second-order valence-corrected chi connectivity index (χ2v) is 3.82. The fourth-order valence-corrected chi connectivity index (χ4v) is 1.10. The van der Waals surface area contributed by atoms with Crippen LogP contribution in [0.4, 0.5) is 0 Å². The molecule has 0 amide bonds. The summed E-state index contributed by atoms with van der Waals surface area (Å²) in [6.45, 7) is 4.98. The first-order valence-corrected chi connectivity index (χ1v) is 4.92. The van der Waals surface area contributed by atoms with Crippen LogP contribution < -0.4 is 0 Å². The van der Waals surface area contributed by atoms with Crippen LogP contribution in [0.3, 0.4) is 0 Å². The maximum atomic E-state index is 10.4. The number of rotatable bonds is 7. The first kappa shape index (κ1) is 13.4. The van der Waals surface area contributed by atoms with Crippen molar-refractivity contribution in [1.29, 1.82) is 0 Å². The minimum atomic E-state index is -0.765. The number of carbonyl (C=O) groups is 1. The zero-order valence-electron chi connectivity index (χ0n) is 9.49. The van der Waals surface area contributed by atoms with Crippen LogP contribution in [0.2, 0.25) is 0 Å². The van der Waals surface area contributed by atoms with Gasteiger partial charge in [-0.25, -0.2) is 0 Å². The van der Waals surface area contributed by atoms with Gasteiger partial charge in [0.25, 0.3) is 0 Å². The van der Waals surface area contributed by atoms with Crippen LogP contribution >= 0.6 is 0 Å². The number of nitrogens with zero attached hydrogens (tertiary/aromatic N) is 1. The molecule has 0 saturated heterocycles. The Labute approximate surface area is 85.9 Å². The highest BCUT2D eigenvalue weighted by atomic mass is 16.5. The van der Waals surface area contributed by atoms with Gasteiger partial charge in [0.1, 0.15) is 0 Å². The van der Waals surface area contributed by atoms with E-state index in [1.54, 1.807) is 7.11 Å². The number of hydrogen-bond donors (Lipinski definition) is 1. The van der Waals surface area contributed by atoms with Crippen molar-refractivity contribution in [3.63, 3.8) is 0 Å². The molecule has 1 N–H and O–H groups in total. The highest BCUT2D eigenvalue weighted by molar-refractivity contribution is 5.66. The third kappa shape index (κ3) is 5.94. The summed E-state index contributed by atoms with van der Waals surface area (Å²) in [7, 11) is 3.64. The molecule has 84 valence electrons. The van der Waals surface area contributed by atoms with E-state index in [2.05, 4.69) is 18.7 Å². The van der Waals surface area contributed by atoms with E-state index in [-0.39, 0.29) is 12.5 Å². The molecule has 0 aromatic rings. The van der Waals surface area contributed by atoms with Crippen molar-refractivity contribution < 1.29 is 14.6 Å². The molecule has 0 radical (unpaired) electrons. The van der Waals surface area contributed by atoms with Crippen LogP contribution in [0.15, 0.2) is 0 Å². The van der Waals surface area contributed by atoms with Crippen LogP contribution in [0.1, 0.15) is 26.7 Å². The first-order valence-electron chi connectivity index (χ1n) is 4.92. The predicted octanol–water partition coefficient (Wildman–Crippen LogP) is 1.21. The average Bonchev–Trinajstić information content (AvgIpc) is 2.11. The lowest BCUT2D eigenvalue weighted by molar-refractivity contribution is -0.137. The van der Waals surface area contributed by atoms with Crippen LogP contribution in [-0.2, 0) is 9.53 Å². The number of carboxylic acids is 1. The van der Waals surface area contributed by atoms with E-state index < -0.39 is 5.97 Å². The first-order chi connectivity index (χ1) is 6.47. The molecule has 0 aliphatic carbocycles. The van der Waals surface area contributed by atoms with Gasteiger partial charge in [0.05, 0.1) is 6.10 Å². The number of aliphatic carboxylic acids is 1. The number of carboxylic acid groups (broad SMARTS) is 1. The highest BCUT2D eigenvalue weighted by Crippen LogP contribution is 2.05. The van der Waals surface area contributed by atoms with Gasteiger partial charge in [0, 0.05) is 26.1 Å². The lowest BCUT2D eigenvalue weighted by Gasteiger charge is -2.25. The molecule has 0 aliphatic rings. The maximum Gasteiger partial charge on any atom is 0.303 e. The number of methoxy groups -OCH3 is 1. The topological polar surface area (TPSA) is 49.8 Å². The maximum absolute atomic E-state index is 10.4. The van der Waals surface area contributed by atoms with Gasteiger partial charge in [-0.15, -0.1) is 0 Å². The van der Waals surface area contributed by atoms with Gasteiger partial charge in [-0.1, -0.05) is 0 Å². The van der Waals surface area contributed by atoms with Crippen molar-refractivity contribution in [1.82, 2.24) is 4.90 Å². The Morgan fingerprint density at radius 2 is 2.07 bits per heavy atom. The van der Waals surface area contributed by atoms with Crippen LogP contribution in [-0.4, -0.2) is 48.8 Å². The number of ether oxygens (including phenoxy) is 1. The van der Waals surface area contributed by atoms with Crippen molar-refractivity contribution in [2.24, 2.45) is 0 Å². The summed E-state index contributed by atoms with van der Waals surface area (Å²) in [5, 5.41) is 8.53. The van der Waals surface area contributed by atoms with E-state index in [1.165, 1.54) is 0 Å². The minimum absolute atomic E-state index is 0.0125. The minimum Gasteiger partial charge on any atom is -0.481 e. The van der Waals surface area contributed by atoms with Gasteiger partial charge in [0.15, 0.2) is 0 Å². The quantitative estimate of drug-likeness (QED) is 0.675. The normalized spacial score (nSPS) is 13.6. The second-order valence-electron chi connectivity index (χ2n) is 3.82. The molecule has 1 atom stereocenters. The van der Waals surface area contributed by atoms with E-state index >= 15 is 0 Å². The summed E-state index contributed by atoms with van der Waals surface area (Å²) < 4.78 is 5.22. The van der Waals surface area contributed by atoms with Crippen LogP contribution in [0.25, 0.3) is 0 Å². The summed E-state index contributed by atoms with van der Waals surface area (Å²) in [5.74, 6) is -0.765. The van der Waals surface area contributed by atoms with Gasteiger partial charge < -0.3 is 14.7 Å². The van der Waals surface area contributed by atoms with E-state index in [0.717, 1.165) is 6.54 Å². The Hall–Kier alpha value is -0.610. The third-order valence-corrected chi connectivity index (χ3v) is 2.39. The van der Waals surface area contributed by atoms with Gasteiger partial charge >= 0.3 is 5.97 Å². The Bertz CT molecular complexity index is 171. The third-order valence-electron chi connectivity index (χ3n) is 2.39. The molecule has 14 heavy (non-hydrogen) atoms. The van der Waals surface area contributed by atoms with Gasteiger partial charge in [-0.3, -0.25) is 4.79 Å². The SMILES string of the molecule is CO[C@H](CCC(=O)O)CN(C)C(C)C. The molecular formula is C10H21NO3. The van der Waals surface area contributed by atoms with Gasteiger partial charge in [-0.2, -0.15) is 0 Å². The Kier molecular flexibility index (Phi) is 6.49. The Balaban J connectivity index is 3.84. The standard InChI is InChI=1S/C10H21NO3/c1-8(2)11(3)7-9(14-4)5-6-10(12)13/h8-9H,5-7H2,1-4H3,(H,12,13)/t9-/m1/s1. The summed E-state index contributed by atoms with van der Waals surface area (Å²) >= 11 is 0. The fourth-order valence-electron chi connectivity index (χ4n) is 1.10. The Morgan fingerprint density at radius 3 is 2.43 bits per heavy atom. The van der Waals surface area contributed by atoms with E-state index in [9.17, 15) is 4.79 Å². The molecule has 0 aliphatic heterocycles. The number of hydrogen-bond acceptors (Lipinski definition) is 3. The fraction of sp³-hybridized carbons (Fsp3) is 0.900. The summed E-state index contributed by atoms with van der Waals surface area (Å²) in [6, 6.07) is 0.456. The molecule has 0 unspecified atom stereocenters. The molecule has 0 aromatic carbocycles. The van der Waals surface area contributed by atoms with E-state index in [1.807, 2.05) is 7.05 Å². The molecule has 0 rings (SSSR count). The number of likely N-dealkylation sites (N-methyl/N-ethyl adjacent to an activating group) is 1. The summed E-state index contributed by atoms with van der Waals surface area (Å²) in [6.07, 6.45) is 0.756.